The molecule has 1 aliphatic rings. The molecule has 4 aromatic rings. The van der Waals surface area contributed by atoms with E-state index in [1.54, 1.807) is 54.6 Å². The number of nitrogens with one attached hydrogen (secondary N) is 1. The summed E-state index contributed by atoms with van der Waals surface area (Å²) >= 11 is 0. The van der Waals surface area contributed by atoms with Gasteiger partial charge in [-0.25, -0.2) is 4.57 Å². The number of hydrogen-bond acceptors (Lipinski definition) is 5. The molecule has 0 radical (unpaired) electrons. The first-order valence-corrected chi connectivity index (χ1v) is 9.92. The molecular formula is C25H17N3O4. The third-order valence-electron chi connectivity index (χ3n) is 5.47. The van der Waals surface area contributed by atoms with Crippen LogP contribution in [0.5, 0.6) is 5.88 Å². The summed E-state index contributed by atoms with van der Waals surface area (Å²) in [6, 6.07) is 19.0. The first-order valence-electron chi connectivity index (χ1n) is 9.92. The van der Waals surface area contributed by atoms with Crippen LogP contribution in [0.2, 0.25) is 0 Å². The first-order chi connectivity index (χ1) is 15.5. The molecule has 32 heavy (non-hydrogen) atoms. The minimum Gasteiger partial charge on any atom is -0.494 e. The van der Waals surface area contributed by atoms with Crippen LogP contribution in [0.1, 0.15) is 31.8 Å². The fraction of sp³-hybridized carbons (Fsp3) is 0.0400. The second kappa shape index (κ2) is 7.31. The van der Waals surface area contributed by atoms with Gasteiger partial charge in [0.05, 0.1) is 28.1 Å². The molecule has 2 N–H and O–H groups in total. The van der Waals surface area contributed by atoms with Crippen molar-refractivity contribution in [3.8, 4) is 11.6 Å². The lowest BCUT2D eigenvalue weighted by molar-refractivity contribution is 0.0880. The van der Waals surface area contributed by atoms with Crippen LogP contribution in [-0.4, -0.2) is 27.7 Å². The molecule has 0 spiro atoms. The molecule has 7 heteroatoms. The number of aromatic nitrogens is 1. The Kier molecular flexibility index (Phi) is 4.44. The standard InChI is InChI=1S/C25H17N3O4/c1-14-9-11-15(12-10-14)28-24(31)17-6-3-2-5-16(17)19(25(28)32)13-26-20-8-4-7-18-21(20)23(30)27-22(18)29/h2-13,32H,1H3,(H,27,29,30). The third-order valence-corrected chi connectivity index (χ3v) is 5.47. The third kappa shape index (κ3) is 2.99. The van der Waals surface area contributed by atoms with Gasteiger partial charge in [-0.15, -0.1) is 0 Å². The Balaban J connectivity index is 1.74. The number of pyridine rings is 1. The van der Waals surface area contributed by atoms with Crippen LogP contribution in [0.15, 0.2) is 76.5 Å². The van der Waals surface area contributed by atoms with Crippen molar-refractivity contribution in [2.75, 3.05) is 0 Å². The Morgan fingerprint density at radius 1 is 0.875 bits per heavy atom. The first kappa shape index (κ1) is 19.4. The molecule has 2 amide bonds. The molecule has 0 fully saturated rings. The van der Waals surface area contributed by atoms with Crippen molar-refractivity contribution in [1.82, 2.24) is 9.88 Å². The lowest BCUT2D eigenvalue weighted by Crippen LogP contribution is -2.20. The molecule has 0 saturated carbocycles. The number of carbonyl (C=O) groups excluding carboxylic acids is 2. The van der Waals surface area contributed by atoms with Crippen LogP contribution in [-0.2, 0) is 0 Å². The number of imide groups is 1. The summed E-state index contributed by atoms with van der Waals surface area (Å²) < 4.78 is 1.23. The van der Waals surface area contributed by atoms with E-state index in [4.69, 9.17) is 0 Å². The van der Waals surface area contributed by atoms with Crippen LogP contribution in [0.25, 0.3) is 16.5 Å². The number of benzene rings is 3. The Hall–Kier alpha value is -4.52. The van der Waals surface area contributed by atoms with E-state index in [-0.39, 0.29) is 22.6 Å². The number of carbonyl (C=O) groups is 2. The number of aryl methyl sites for hydroxylation is 1. The Labute approximate surface area is 182 Å². The van der Waals surface area contributed by atoms with Gasteiger partial charge in [-0.3, -0.25) is 24.7 Å². The monoisotopic (exact) mass is 423 g/mol. The zero-order valence-electron chi connectivity index (χ0n) is 17.0. The van der Waals surface area contributed by atoms with Gasteiger partial charge < -0.3 is 5.11 Å². The van der Waals surface area contributed by atoms with Gasteiger partial charge in [-0.05, 0) is 37.3 Å². The SMILES string of the molecule is Cc1ccc(-n2c(O)c(C=Nc3cccc4c3C(=O)NC4=O)c3ccccc3c2=O)cc1. The summed E-state index contributed by atoms with van der Waals surface area (Å²) in [6.07, 6.45) is 1.41. The lowest BCUT2D eigenvalue weighted by atomic mass is 10.1. The number of rotatable bonds is 3. The molecule has 2 heterocycles. The zero-order chi connectivity index (χ0) is 22.4. The Morgan fingerprint density at radius 3 is 2.34 bits per heavy atom. The summed E-state index contributed by atoms with van der Waals surface area (Å²) in [5.41, 5.74) is 2.24. The molecule has 0 unspecified atom stereocenters. The zero-order valence-corrected chi connectivity index (χ0v) is 17.0. The van der Waals surface area contributed by atoms with Crippen LogP contribution in [0, 0.1) is 6.92 Å². The van der Waals surface area contributed by atoms with Crippen molar-refractivity contribution in [2.24, 2.45) is 4.99 Å². The van der Waals surface area contributed by atoms with E-state index >= 15 is 0 Å². The molecule has 3 aromatic carbocycles. The summed E-state index contributed by atoms with van der Waals surface area (Å²) in [5.74, 6) is -1.26. The molecule has 7 nitrogen and oxygen atoms in total. The van der Waals surface area contributed by atoms with E-state index in [9.17, 15) is 19.5 Å². The molecule has 0 aliphatic carbocycles. The summed E-state index contributed by atoms with van der Waals surface area (Å²) in [4.78, 5) is 41.7. The van der Waals surface area contributed by atoms with Gasteiger partial charge >= 0.3 is 0 Å². The van der Waals surface area contributed by atoms with Crippen molar-refractivity contribution < 1.29 is 14.7 Å². The molecule has 0 atom stereocenters. The van der Waals surface area contributed by atoms with E-state index in [1.807, 2.05) is 19.1 Å². The summed E-state index contributed by atoms with van der Waals surface area (Å²) in [7, 11) is 0. The van der Waals surface area contributed by atoms with E-state index in [0.29, 0.717) is 27.7 Å². The largest absolute Gasteiger partial charge is 0.494 e. The van der Waals surface area contributed by atoms with Gasteiger partial charge in [0.25, 0.3) is 17.4 Å². The second-order valence-corrected chi connectivity index (χ2v) is 7.50. The van der Waals surface area contributed by atoms with Crippen molar-refractivity contribution in [3.63, 3.8) is 0 Å². The number of aromatic hydroxyl groups is 1. The topological polar surface area (TPSA) is 101 Å². The predicted octanol–water partition coefficient (Wildman–Crippen LogP) is 3.64. The number of hydrogen-bond donors (Lipinski definition) is 2. The molecule has 0 bridgehead atoms. The van der Waals surface area contributed by atoms with Crippen molar-refractivity contribution in [2.45, 2.75) is 6.92 Å². The Morgan fingerprint density at radius 2 is 1.59 bits per heavy atom. The summed E-state index contributed by atoms with van der Waals surface area (Å²) in [5, 5.41) is 14.3. The molecule has 156 valence electrons. The highest BCUT2D eigenvalue weighted by Crippen LogP contribution is 2.29. The highest BCUT2D eigenvalue weighted by Gasteiger charge is 2.29. The molecule has 1 aromatic heterocycles. The highest BCUT2D eigenvalue weighted by atomic mass is 16.3. The minimum atomic E-state index is -0.517. The number of nitrogens with zero attached hydrogens (tertiary/aromatic N) is 2. The maximum atomic E-state index is 13.2. The van der Waals surface area contributed by atoms with E-state index in [0.717, 1.165) is 5.56 Å². The maximum Gasteiger partial charge on any atom is 0.265 e. The van der Waals surface area contributed by atoms with Gasteiger partial charge in [0.1, 0.15) is 0 Å². The van der Waals surface area contributed by atoms with Crippen LogP contribution < -0.4 is 10.9 Å². The van der Waals surface area contributed by atoms with Crippen molar-refractivity contribution in [3.05, 3.63) is 99.3 Å². The normalized spacial score (nSPS) is 13.0. The molecule has 5 rings (SSSR count). The fourth-order valence-corrected chi connectivity index (χ4v) is 3.87. The summed E-state index contributed by atoms with van der Waals surface area (Å²) in [6.45, 7) is 1.93. The van der Waals surface area contributed by atoms with Gasteiger partial charge in [0.15, 0.2) is 0 Å². The minimum absolute atomic E-state index is 0.185. The smallest absolute Gasteiger partial charge is 0.265 e. The number of aliphatic imine (C=N–C) groups is 1. The van der Waals surface area contributed by atoms with Gasteiger partial charge in [0.2, 0.25) is 5.88 Å². The lowest BCUT2D eigenvalue weighted by Gasteiger charge is -2.14. The number of amides is 2. The predicted molar refractivity (Wildman–Crippen MR) is 121 cm³/mol. The van der Waals surface area contributed by atoms with Crippen LogP contribution in [0.3, 0.4) is 0 Å². The molecule has 1 aliphatic heterocycles. The van der Waals surface area contributed by atoms with E-state index in [1.165, 1.54) is 10.8 Å². The van der Waals surface area contributed by atoms with Gasteiger partial charge in [-0.1, -0.05) is 42.0 Å². The molecule has 0 saturated heterocycles. The van der Waals surface area contributed by atoms with Crippen LogP contribution in [0.4, 0.5) is 5.69 Å². The fourth-order valence-electron chi connectivity index (χ4n) is 3.87. The van der Waals surface area contributed by atoms with Crippen molar-refractivity contribution >= 4 is 34.5 Å². The van der Waals surface area contributed by atoms with E-state index in [2.05, 4.69) is 10.3 Å². The van der Waals surface area contributed by atoms with Gasteiger partial charge in [-0.2, -0.15) is 0 Å². The number of fused-ring (bicyclic) bond motifs is 2. The van der Waals surface area contributed by atoms with Gasteiger partial charge in [0, 0.05) is 17.0 Å². The van der Waals surface area contributed by atoms with Crippen LogP contribution >= 0.6 is 0 Å². The average molecular weight is 423 g/mol. The maximum absolute atomic E-state index is 13.2. The average Bonchev–Trinajstić information content (AvgIpc) is 3.09. The van der Waals surface area contributed by atoms with Crippen molar-refractivity contribution in [1.29, 1.82) is 0 Å². The molecular weight excluding hydrogens is 406 g/mol. The quantitative estimate of drug-likeness (QED) is 0.388. The van der Waals surface area contributed by atoms with E-state index < -0.39 is 11.8 Å². The highest BCUT2D eigenvalue weighted by molar-refractivity contribution is 6.23. The Bertz CT molecular complexity index is 1520. The second-order valence-electron chi connectivity index (χ2n) is 7.50.